The standard InChI is InChI=1S/C16H17N3O2/c20-16(15-11-17-6-7-18-15)19-8-9-21-14(12-19)10-13-4-2-1-3-5-13/h1-7,11,14H,8-10,12H2/t14-/m1/s1. The maximum atomic E-state index is 12.4. The molecule has 1 atom stereocenters. The van der Waals surface area contributed by atoms with Crippen molar-refractivity contribution in [1.29, 1.82) is 0 Å². The fourth-order valence-corrected chi connectivity index (χ4v) is 2.48. The molecule has 1 saturated heterocycles. The predicted octanol–water partition coefficient (Wildman–Crippen LogP) is 1.56. The van der Waals surface area contributed by atoms with Crippen LogP contribution in [-0.2, 0) is 11.2 Å². The molecular weight excluding hydrogens is 266 g/mol. The summed E-state index contributed by atoms with van der Waals surface area (Å²) in [6.07, 6.45) is 5.44. The maximum absolute atomic E-state index is 12.4. The Bertz CT molecular complexity index is 589. The summed E-state index contributed by atoms with van der Waals surface area (Å²) in [5, 5.41) is 0. The van der Waals surface area contributed by atoms with Crippen LogP contribution in [0.25, 0.3) is 0 Å². The fourth-order valence-electron chi connectivity index (χ4n) is 2.48. The van der Waals surface area contributed by atoms with Gasteiger partial charge in [0.2, 0.25) is 0 Å². The van der Waals surface area contributed by atoms with E-state index in [1.54, 1.807) is 11.1 Å². The van der Waals surface area contributed by atoms with Crippen molar-refractivity contribution < 1.29 is 9.53 Å². The number of ether oxygens (including phenoxy) is 1. The van der Waals surface area contributed by atoms with E-state index >= 15 is 0 Å². The third kappa shape index (κ3) is 3.44. The van der Waals surface area contributed by atoms with Gasteiger partial charge in [-0.2, -0.15) is 0 Å². The fraction of sp³-hybridized carbons (Fsp3) is 0.312. The first-order valence-corrected chi connectivity index (χ1v) is 7.04. The Morgan fingerprint density at radius 2 is 2.14 bits per heavy atom. The molecule has 2 heterocycles. The SMILES string of the molecule is O=C(c1cnccn1)N1CCO[C@H](Cc2ccccc2)C1. The number of hydrogen-bond acceptors (Lipinski definition) is 4. The van der Waals surface area contributed by atoms with Crippen molar-refractivity contribution >= 4 is 5.91 Å². The lowest BCUT2D eigenvalue weighted by molar-refractivity contribution is -0.0210. The van der Waals surface area contributed by atoms with E-state index in [0.29, 0.717) is 25.4 Å². The van der Waals surface area contributed by atoms with Crippen LogP contribution in [0, 0.1) is 0 Å². The van der Waals surface area contributed by atoms with Crippen molar-refractivity contribution in [3.05, 3.63) is 60.2 Å². The van der Waals surface area contributed by atoms with Gasteiger partial charge in [0.05, 0.1) is 18.9 Å². The molecule has 5 heteroatoms. The summed E-state index contributed by atoms with van der Waals surface area (Å²) < 4.78 is 5.77. The third-order valence-corrected chi connectivity index (χ3v) is 3.51. The van der Waals surface area contributed by atoms with Gasteiger partial charge in [0.25, 0.3) is 5.91 Å². The highest BCUT2D eigenvalue weighted by molar-refractivity contribution is 5.92. The van der Waals surface area contributed by atoms with Gasteiger partial charge < -0.3 is 9.64 Å². The number of amides is 1. The second-order valence-electron chi connectivity index (χ2n) is 5.02. The summed E-state index contributed by atoms with van der Waals surface area (Å²) in [4.78, 5) is 22.2. The molecule has 0 aliphatic carbocycles. The van der Waals surface area contributed by atoms with Crippen LogP contribution in [0.1, 0.15) is 16.1 Å². The maximum Gasteiger partial charge on any atom is 0.274 e. The van der Waals surface area contributed by atoms with Gasteiger partial charge in [0.15, 0.2) is 0 Å². The van der Waals surface area contributed by atoms with E-state index in [1.807, 2.05) is 18.2 Å². The largest absolute Gasteiger partial charge is 0.374 e. The van der Waals surface area contributed by atoms with Crippen LogP contribution in [0.2, 0.25) is 0 Å². The molecule has 1 aliphatic heterocycles. The molecule has 2 aromatic rings. The number of aromatic nitrogens is 2. The van der Waals surface area contributed by atoms with Gasteiger partial charge in [-0.25, -0.2) is 4.98 Å². The smallest absolute Gasteiger partial charge is 0.274 e. The summed E-state index contributed by atoms with van der Waals surface area (Å²) in [6.45, 7) is 1.74. The van der Waals surface area contributed by atoms with E-state index in [1.165, 1.54) is 18.0 Å². The van der Waals surface area contributed by atoms with E-state index in [9.17, 15) is 4.79 Å². The molecule has 3 rings (SSSR count). The molecular formula is C16H17N3O2. The first kappa shape index (κ1) is 13.7. The molecule has 0 unspecified atom stereocenters. The molecule has 1 fully saturated rings. The predicted molar refractivity (Wildman–Crippen MR) is 77.8 cm³/mol. The second kappa shape index (κ2) is 6.45. The van der Waals surface area contributed by atoms with Gasteiger partial charge in [-0.05, 0) is 5.56 Å². The molecule has 1 aromatic carbocycles. The molecule has 0 saturated carbocycles. The Labute approximate surface area is 123 Å². The van der Waals surface area contributed by atoms with Crippen LogP contribution in [0.4, 0.5) is 0 Å². The first-order valence-electron chi connectivity index (χ1n) is 7.04. The van der Waals surface area contributed by atoms with Gasteiger partial charge in [-0.1, -0.05) is 30.3 Å². The van der Waals surface area contributed by atoms with Crippen LogP contribution in [0.3, 0.4) is 0 Å². The highest BCUT2D eigenvalue weighted by atomic mass is 16.5. The lowest BCUT2D eigenvalue weighted by Crippen LogP contribution is -2.46. The average molecular weight is 283 g/mol. The van der Waals surface area contributed by atoms with Gasteiger partial charge in [0.1, 0.15) is 5.69 Å². The van der Waals surface area contributed by atoms with Gasteiger partial charge in [0, 0.05) is 31.9 Å². The number of rotatable bonds is 3. The van der Waals surface area contributed by atoms with Crippen molar-refractivity contribution in [2.75, 3.05) is 19.7 Å². The normalized spacial score (nSPS) is 18.5. The first-order chi connectivity index (χ1) is 10.3. The molecule has 0 radical (unpaired) electrons. The van der Waals surface area contributed by atoms with Crippen LogP contribution < -0.4 is 0 Å². The molecule has 1 aromatic heterocycles. The Morgan fingerprint density at radius 3 is 2.90 bits per heavy atom. The molecule has 1 amide bonds. The zero-order valence-electron chi connectivity index (χ0n) is 11.7. The van der Waals surface area contributed by atoms with Gasteiger partial charge in [-0.3, -0.25) is 9.78 Å². The zero-order valence-corrected chi connectivity index (χ0v) is 11.7. The number of nitrogens with zero attached hydrogens (tertiary/aromatic N) is 3. The molecule has 5 nitrogen and oxygen atoms in total. The molecule has 108 valence electrons. The minimum absolute atomic E-state index is 0.0294. The quantitative estimate of drug-likeness (QED) is 0.858. The summed E-state index contributed by atoms with van der Waals surface area (Å²) >= 11 is 0. The Kier molecular flexibility index (Phi) is 4.21. The summed E-state index contributed by atoms with van der Waals surface area (Å²) in [6, 6.07) is 10.2. The lowest BCUT2D eigenvalue weighted by Gasteiger charge is -2.32. The van der Waals surface area contributed by atoms with Crippen molar-refractivity contribution in [2.24, 2.45) is 0 Å². The van der Waals surface area contributed by atoms with Crippen molar-refractivity contribution in [1.82, 2.24) is 14.9 Å². The number of hydrogen-bond donors (Lipinski definition) is 0. The topological polar surface area (TPSA) is 55.3 Å². The van der Waals surface area contributed by atoms with Gasteiger partial charge >= 0.3 is 0 Å². The van der Waals surface area contributed by atoms with E-state index in [0.717, 1.165) is 6.42 Å². The molecule has 0 N–H and O–H groups in total. The van der Waals surface area contributed by atoms with Gasteiger partial charge in [-0.15, -0.1) is 0 Å². The van der Waals surface area contributed by atoms with E-state index in [-0.39, 0.29) is 12.0 Å². The van der Waals surface area contributed by atoms with Crippen LogP contribution in [0.5, 0.6) is 0 Å². The number of carbonyl (C=O) groups excluding carboxylic acids is 1. The Balaban J connectivity index is 1.64. The number of carbonyl (C=O) groups is 1. The summed E-state index contributed by atoms with van der Waals surface area (Å²) in [7, 11) is 0. The lowest BCUT2D eigenvalue weighted by atomic mass is 10.1. The molecule has 21 heavy (non-hydrogen) atoms. The Morgan fingerprint density at radius 1 is 1.29 bits per heavy atom. The van der Waals surface area contributed by atoms with Crippen molar-refractivity contribution in [3.8, 4) is 0 Å². The second-order valence-corrected chi connectivity index (χ2v) is 5.02. The van der Waals surface area contributed by atoms with E-state index in [2.05, 4.69) is 22.1 Å². The monoisotopic (exact) mass is 283 g/mol. The van der Waals surface area contributed by atoms with Crippen LogP contribution in [0.15, 0.2) is 48.9 Å². The Hall–Kier alpha value is -2.27. The minimum atomic E-state index is -0.0792. The van der Waals surface area contributed by atoms with Crippen LogP contribution >= 0.6 is 0 Å². The van der Waals surface area contributed by atoms with Crippen LogP contribution in [-0.4, -0.2) is 46.6 Å². The van der Waals surface area contributed by atoms with Crippen molar-refractivity contribution in [2.45, 2.75) is 12.5 Å². The summed E-state index contributed by atoms with van der Waals surface area (Å²) in [5.74, 6) is -0.0792. The highest BCUT2D eigenvalue weighted by Gasteiger charge is 2.25. The molecule has 1 aliphatic rings. The van der Waals surface area contributed by atoms with E-state index < -0.39 is 0 Å². The number of benzene rings is 1. The highest BCUT2D eigenvalue weighted by Crippen LogP contribution is 2.13. The molecule has 0 spiro atoms. The average Bonchev–Trinajstić information content (AvgIpc) is 2.56. The molecule has 0 bridgehead atoms. The zero-order chi connectivity index (χ0) is 14.5. The number of morpholine rings is 1. The summed E-state index contributed by atoms with van der Waals surface area (Å²) in [5.41, 5.74) is 1.61. The third-order valence-electron chi connectivity index (χ3n) is 3.51. The van der Waals surface area contributed by atoms with E-state index in [4.69, 9.17) is 4.74 Å². The minimum Gasteiger partial charge on any atom is -0.374 e. The van der Waals surface area contributed by atoms with Crippen molar-refractivity contribution in [3.63, 3.8) is 0 Å².